The molecule has 2 aromatic rings. The monoisotopic (exact) mass is 414 g/mol. The van der Waals surface area contributed by atoms with Gasteiger partial charge in [0.2, 0.25) is 0 Å². The van der Waals surface area contributed by atoms with E-state index in [1.807, 2.05) is 20.8 Å². The predicted molar refractivity (Wildman–Crippen MR) is 104 cm³/mol. The first-order valence-electron chi connectivity index (χ1n) is 8.02. The molecule has 0 unspecified atom stereocenters. The number of rotatable bonds is 5. The second-order valence-corrected chi connectivity index (χ2v) is 8.32. The van der Waals surface area contributed by atoms with Crippen molar-refractivity contribution in [1.29, 1.82) is 0 Å². The van der Waals surface area contributed by atoms with Crippen LogP contribution in [0.3, 0.4) is 0 Å². The van der Waals surface area contributed by atoms with Crippen molar-refractivity contribution in [1.82, 2.24) is 9.88 Å². The first-order chi connectivity index (χ1) is 12.1. The van der Waals surface area contributed by atoms with Gasteiger partial charge in [0.05, 0.1) is 23.7 Å². The number of carbonyl (C=O) groups is 2. The molecule has 1 aromatic carbocycles. The summed E-state index contributed by atoms with van der Waals surface area (Å²) in [5, 5.41) is 3.03. The molecule has 0 saturated carbocycles. The summed E-state index contributed by atoms with van der Waals surface area (Å²) < 4.78 is 4.95. The number of halogens is 2. The third-order valence-electron chi connectivity index (χ3n) is 3.55. The smallest absolute Gasteiger partial charge is 0.357 e. The minimum Gasteiger partial charge on any atom is -0.461 e. The second-order valence-electron chi connectivity index (χ2n) is 6.53. The molecule has 2 rings (SSSR count). The van der Waals surface area contributed by atoms with E-state index in [1.165, 1.54) is 11.3 Å². The van der Waals surface area contributed by atoms with Crippen molar-refractivity contribution in [2.45, 2.75) is 39.8 Å². The molecule has 0 aliphatic heterocycles. The summed E-state index contributed by atoms with van der Waals surface area (Å²) >= 11 is 13.4. The van der Waals surface area contributed by atoms with Gasteiger partial charge in [-0.2, -0.15) is 0 Å². The number of amides is 1. The zero-order chi connectivity index (χ0) is 19.5. The Balaban J connectivity index is 2.28. The van der Waals surface area contributed by atoms with Crippen LogP contribution in [0.25, 0.3) is 0 Å². The summed E-state index contributed by atoms with van der Waals surface area (Å²) in [5.74, 6) is -0.698. The van der Waals surface area contributed by atoms with Gasteiger partial charge in [-0.1, -0.05) is 23.2 Å². The Morgan fingerprint density at radius 1 is 1.27 bits per heavy atom. The van der Waals surface area contributed by atoms with E-state index in [9.17, 15) is 9.59 Å². The maximum atomic E-state index is 13.1. The number of benzene rings is 1. The lowest BCUT2D eigenvalue weighted by molar-refractivity contribution is 0.0520. The van der Waals surface area contributed by atoms with Gasteiger partial charge in [-0.25, -0.2) is 9.78 Å². The fourth-order valence-electron chi connectivity index (χ4n) is 2.24. The van der Waals surface area contributed by atoms with Gasteiger partial charge in [-0.05, 0) is 45.9 Å². The minimum absolute atomic E-state index is 0.230. The number of ether oxygens (including phenoxy) is 1. The molecule has 1 aromatic heterocycles. The molecule has 0 fully saturated rings. The molecule has 0 spiro atoms. The molecule has 1 amide bonds. The Hall–Kier alpha value is -1.63. The van der Waals surface area contributed by atoms with Gasteiger partial charge in [-0.15, -0.1) is 11.3 Å². The molecule has 0 aliphatic rings. The number of hydrogen-bond acceptors (Lipinski definition) is 5. The molecule has 26 heavy (non-hydrogen) atoms. The van der Waals surface area contributed by atoms with E-state index in [1.54, 1.807) is 35.4 Å². The van der Waals surface area contributed by atoms with Crippen LogP contribution in [0.15, 0.2) is 23.6 Å². The van der Waals surface area contributed by atoms with Crippen molar-refractivity contribution in [3.8, 4) is 0 Å². The highest BCUT2D eigenvalue weighted by molar-refractivity contribution is 7.09. The Kier molecular flexibility index (Phi) is 6.66. The van der Waals surface area contributed by atoms with E-state index in [4.69, 9.17) is 27.9 Å². The Labute approximate surface area is 166 Å². The van der Waals surface area contributed by atoms with Crippen molar-refractivity contribution in [2.24, 2.45) is 0 Å². The fourth-order valence-corrected chi connectivity index (χ4v) is 3.48. The Bertz CT molecular complexity index is 815. The summed E-state index contributed by atoms with van der Waals surface area (Å²) in [7, 11) is 0. The van der Waals surface area contributed by atoms with Gasteiger partial charge in [0, 0.05) is 15.9 Å². The summed E-state index contributed by atoms with van der Waals surface area (Å²) in [6.07, 6.45) is 0. The standard InChI is InChI=1S/C18H20Cl2N2O3S/c1-5-25-17(24)14-10-26-15(21-14)9-22(18(2,3)4)16(23)12-7-6-11(19)8-13(12)20/h6-8,10H,5,9H2,1-4H3. The lowest BCUT2D eigenvalue weighted by Crippen LogP contribution is -2.45. The van der Waals surface area contributed by atoms with E-state index < -0.39 is 11.5 Å². The molecule has 0 N–H and O–H groups in total. The number of thiazole rings is 1. The second kappa shape index (κ2) is 8.37. The van der Waals surface area contributed by atoms with Gasteiger partial charge in [0.15, 0.2) is 5.69 Å². The lowest BCUT2D eigenvalue weighted by atomic mass is 10.0. The number of aromatic nitrogens is 1. The average Bonchev–Trinajstić information content (AvgIpc) is 3.00. The Morgan fingerprint density at radius 3 is 2.54 bits per heavy atom. The quantitative estimate of drug-likeness (QED) is 0.640. The first kappa shape index (κ1) is 20.7. The first-order valence-corrected chi connectivity index (χ1v) is 9.65. The number of hydrogen-bond donors (Lipinski definition) is 0. The highest BCUT2D eigenvalue weighted by Gasteiger charge is 2.30. The van der Waals surface area contributed by atoms with E-state index >= 15 is 0 Å². The molecular formula is C18H20Cl2N2O3S. The highest BCUT2D eigenvalue weighted by atomic mass is 35.5. The number of esters is 1. The average molecular weight is 415 g/mol. The molecule has 5 nitrogen and oxygen atoms in total. The molecule has 8 heteroatoms. The topological polar surface area (TPSA) is 59.5 Å². The molecule has 0 saturated heterocycles. The highest BCUT2D eigenvalue weighted by Crippen LogP contribution is 2.27. The molecule has 0 aliphatic carbocycles. The van der Waals surface area contributed by atoms with Gasteiger partial charge in [0.1, 0.15) is 5.01 Å². The third-order valence-corrected chi connectivity index (χ3v) is 4.93. The molecule has 140 valence electrons. The van der Waals surface area contributed by atoms with E-state index in [-0.39, 0.29) is 24.8 Å². The van der Waals surface area contributed by atoms with Crippen LogP contribution in [0.2, 0.25) is 10.0 Å². The third kappa shape index (κ3) is 4.96. The van der Waals surface area contributed by atoms with Crippen LogP contribution in [0.1, 0.15) is 53.5 Å². The van der Waals surface area contributed by atoms with E-state index in [0.29, 0.717) is 20.6 Å². The minimum atomic E-state index is -0.476. The summed E-state index contributed by atoms with van der Waals surface area (Å²) in [4.78, 5) is 30.8. The van der Waals surface area contributed by atoms with Crippen LogP contribution in [0.5, 0.6) is 0 Å². The van der Waals surface area contributed by atoms with Gasteiger partial charge < -0.3 is 9.64 Å². The van der Waals surface area contributed by atoms with Crippen LogP contribution >= 0.6 is 34.5 Å². The van der Waals surface area contributed by atoms with Crippen molar-refractivity contribution in [3.63, 3.8) is 0 Å². The number of carbonyl (C=O) groups excluding carboxylic acids is 2. The van der Waals surface area contributed by atoms with Gasteiger partial charge >= 0.3 is 5.97 Å². The molecule has 0 radical (unpaired) electrons. The van der Waals surface area contributed by atoms with Crippen LogP contribution in [-0.4, -0.2) is 33.9 Å². The summed E-state index contributed by atoms with van der Waals surface area (Å²) in [5.41, 5.74) is 0.140. The SMILES string of the molecule is CCOC(=O)c1csc(CN(C(=O)c2ccc(Cl)cc2Cl)C(C)(C)C)n1. The van der Waals surface area contributed by atoms with E-state index in [2.05, 4.69) is 4.98 Å². The molecule has 0 bridgehead atoms. The zero-order valence-electron chi connectivity index (χ0n) is 15.0. The van der Waals surface area contributed by atoms with E-state index in [0.717, 1.165) is 0 Å². The van der Waals surface area contributed by atoms with Gasteiger partial charge in [-0.3, -0.25) is 4.79 Å². The Morgan fingerprint density at radius 2 is 1.96 bits per heavy atom. The van der Waals surface area contributed by atoms with Gasteiger partial charge in [0.25, 0.3) is 5.91 Å². The largest absolute Gasteiger partial charge is 0.461 e. The van der Waals surface area contributed by atoms with Crippen LogP contribution < -0.4 is 0 Å². The number of nitrogens with zero attached hydrogens (tertiary/aromatic N) is 2. The fraction of sp³-hybridized carbons (Fsp3) is 0.389. The summed E-state index contributed by atoms with van der Waals surface area (Å²) in [6, 6.07) is 4.78. The van der Waals surface area contributed by atoms with Crippen LogP contribution in [0, 0.1) is 0 Å². The predicted octanol–water partition coefficient (Wildman–Crippen LogP) is 5.07. The van der Waals surface area contributed by atoms with Crippen molar-refractivity contribution in [2.75, 3.05) is 6.61 Å². The van der Waals surface area contributed by atoms with Crippen LogP contribution in [0.4, 0.5) is 0 Å². The lowest BCUT2D eigenvalue weighted by Gasteiger charge is -2.35. The summed E-state index contributed by atoms with van der Waals surface area (Å²) in [6.45, 7) is 8.05. The van der Waals surface area contributed by atoms with Crippen molar-refractivity contribution < 1.29 is 14.3 Å². The maximum absolute atomic E-state index is 13.1. The van der Waals surface area contributed by atoms with Crippen molar-refractivity contribution in [3.05, 3.63) is 49.9 Å². The van der Waals surface area contributed by atoms with Crippen LogP contribution in [-0.2, 0) is 11.3 Å². The zero-order valence-corrected chi connectivity index (χ0v) is 17.3. The van der Waals surface area contributed by atoms with Crippen molar-refractivity contribution >= 4 is 46.4 Å². The molecule has 1 heterocycles. The molecular weight excluding hydrogens is 395 g/mol. The molecule has 0 atom stereocenters. The normalized spacial score (nSPS) is 11.3. The maximum Gasteiger partial charge on any atom is 0.357 e.